The highest BCUT2D eigenvalue weighted by molar-refractivity contribution is 5.78. The van der Waals surface area contributed by atoms with E-state index in [9.17, 15) is 9.90 Å². The van der Waals surface area contributed by atoms with Crippen LogP contribution >= 0.6 is 0 Å². The van der Waals surface area contributed by atoms with Gasteiger partial charge < -0.3 is 14.9 Å². The summed E-state index contributed by atoms with van der Waals surface area (Å²) in [7, 11) is 2.14. The Kier molecular flexibility index (Phi) is 4.88. The van der Waals surface area contributed by atoms with Gasteiger partial charge in [0.15, 0.2) is 0 Å². The van der Waals surface area contributed by atoms with E-state index in [1.165, 1.54) is 18.4 Å². The first-order valence-corrected chi connectivity index (χ1v) is 8.88. The van der Waals surface area contributed by atoms with Crippen molar-refractivity contribution in [3.8, 4) is 0 Å². The number of carbonyl (C=O) groups excluding carboxylic acids is 1. The second-order valence-electron chi connectivity index (χ2n) is 7.57. The summed E-state index contributed by atoms with van der Waals surface area (Å²) >= 11 is 0. The van der Waals surface area contributed by atoms with Gasteiger partial charge in [-0.25, -0.2) is 0 Å². The molecule has 0 bridgehead atoms. The number of likely N-dealkylation sites (tertiary alicyclic amines) is 2. The highest BCUT2D eigenvalue weighted by Crippen LogP contribution is 2.45. The van der Waals surface area contributed by atoms with Crippen molar-refractivity contribution in [2.24, 2.45) is 11.3 Å². The summed E-state index contributed by atoms with van der Waals surface area (Å²) in [5, 5.41) is 9.78. The Hall–Kier alpha value is -0.870. The normalized spacial score (nSPS) is 28.9. The smallest absolute Gasteiger partial charge is 0.226 e. The minimum Gasteiger partial charge on any atom is -0.396 e. The van der Waals surface area contributed by atoms with Crippen molar-refractivity contribution in [3.05, 3.63) is 11.6 Å². The molecule has 3 aliphatic rings. The van der Waals surface area contributed by atoms with Crippen LogP contribution < -0.4 is 0 Å². The number of amides is 1. The van der Waals surface area contributed by atoms with E-state index in [0.29, 0.717) is 18.2 Å². The zero-order valence-electron chi connectivity index (χ0n) is 13.9. The predicted octanol–water partition coefficient (Wildman–Crippen LogP) is 2.04. The lowest BCUT2D eigenvalue weighted by atomic mass is 9.64. The van der Waals surface area contributed by atoms with Crippen LogP contribution in [0.4, 0.5) is 0 Å². The van der Waals surface area contributed by atoms with Crippen molar-refractivity contribution < 1.29 is 9.90 Å². The van der Waals surface area contributed by atoms with E-state index in [0.717, 1.165) is 51.9 Å². The lowest BCUT2D eigenvalue weighted by Gasteiger charge is -2.51. The fourth-order valence-electron chi connectivity index (χ4n) is 4.59. The highest BCUT2D eigenvalue weighted by Gasteiger charge is 2.44. The standard InChI is InChI=1S/C18H30N2O2/c1-19-9-6-18(16(13-19)14-21)7-10-20(11-8-18)17(22)12-15-4-2-3-5-15/h4,16,21H,2-3,5-14H2,1H3/t16-/m1/s1. The van der Waals surface area contributed by atoms with Crippen LogP contribution in [0.5, 0.6) is 0 Å². The maximum Gasteiger partial charge on any atom is 0.226 e. The first kappa shape index (κ1) is 16.0. The van der Waals surface area contributed by atoms with Gasteiger partial charge in [0.25, 0.3) is 0 Å². The van der Waals surface area contributed by atoms with E-state index in [1.807, 2.05) is 0 Å². The van der Waals surface area contributed by atoms with Gasteiger partial charge in [-0.3, -0.25) is 4.79 Å². The number of piperidine rings is 2. The van der Waals surface area contributed by atoms with Crippen LogP contribution in [-0.4, -0.2) is 60.6 Å². The van der Waals surface area contributed by atoms with E-state index < -0.39 is 0 Å². The average Bonchev–Trinajstić information content (AvgIpc) is 3.03. The largest absolute Gasteiger partial charge is 0.396 e. The minimum absolute atomic E-state index is 0.269. The molecule has 0 unspecified atom stereocenters. The number of allylic oxidation sites excluding steroid dienone is 1. The molecular weight excluding hydrogens is 276 g/mol. The van der Waals surface area contributed by atoms with Gasteiger partial charge in [-0.15, -0.1) is 0 Å². The zero-order chi connectivity index (χ0) is 15.6. The number of hydrogen-bond acceptors (Lipinski definition) is 3. The van der Waals surface area contributed by atoms with Crippen molar-refractivity contribution in [1.29, 1.82) is 0 Å². The number of hydrogen-bond donors (Lipinski definition) is 1. The minimum atomic E-state index is 0.269. The maximum absolute atomic E-state index is 12.5. The molecule has 2 aliphatic heterocycles. The number of nitrogens with zero attached hydrogens (tertiary/aromatic N) is 2. The number of aliphatic hydroxyl groups is 1. The van der Waals surface area contributed by atoms with Crippen LogP contribution in [-0.2, 0) is 4.79 Å². The van der Waals surface area contributed by atoms with Crippen molar-refractivity contribution in [3.63, 3.8) is 0 Å². The molecular formula is C18H30N2O2. The number of aliphatic hydroxyl groups excluding tert-OH is 1. The molecule has 1 N–H and O–H groups in total. The van der Waals surface area contributed by atoms with Gasteiger partial charge in [-0.1, -0.05) is 11.6 Å². The Morgan fingerprint density at radius 1 is 1.32 bits per heavy atom. The predicted molar refractivity (Wildman–Crippen MR) is 87.5 cm³/mol. The Morgan fingerprint density at radius 3 is 2.68 bits per heavy atom. The second-order valence-corrected chi connectivity index (χ2v) is 7.57. The van der Waals surface area contributed by atoms with Gasteiger partial charge in [0, 0.05) is 38.6 Å². The van der Waals surface area contributed by atoms with Crippen LogP contribution in [0, 0.1) is 11.3 Å². The molecule has 1 aliphatic carbocycles. The Balaban J connectivity index is 1.56. The highest BCUT2D eigenvalue weighted by atomic mass is 16.3. The third-order valence-corrected chi connectivity index (χ3v) is 6.24. The fourth-order valence-corrected chi connectivity index (χ4v) is 4.59. The van der Waals surface area contributed by atoms with Crippen molar-refractivity contribution in [2.75, 3.05) is 39.8 Å². The lowest BCUT2D eigenvalue weighted by Crippen LogP contribution is -2.53. The monoisotopic (exact) mass is 306 g/mol. The quantitative estimate of drug-likeness (QED) is 0.812. The van der Waals surface area contributed by atoms with Crippen LogP contribution in [0.3, 0.4) is 0 Å². The average molecular weight is 306 g/mol. The van der Waals surface area contributed by atoms with Crippen molar-refractivity contribution >= 4 is 5.91 Å². The first-order valence-electron chi connectivity index (χ1n) is 8.88. The number of rotatable bonds is 3. The molecule has 3 rings (SSSR count). The molecule has 0 radical (unpaired) electrons. The molecule has 2 fully saturated rings. The van der Waals surface area contributed by atoms with E-state index in [-0.39, 0.29) is 12.0 Å². The van der Waals surface area contributed by atoms with Gasteiger partial charge in [0.05, 0.1) is 0 Å². The molecule has 22 heavy (non-hydrogen) atoms. The molecule has 2 saturated heterocycles. The lowest BCUT2D eigenvalue weighted by molar-refractivity contribution is -0.134. The van der Waals surface area contributed by atoms with Crippen LogP contribution in [0.1, 0.15) is 44.9 Å². The van der Waals surface area contributed by atoms with E-state index in [1.54, 1.807) is 0 Å². The fraction of sp³-hybridized carbons (Fsp3) is 0.833. The molecule has 2 heterocycles. The van der Waals surface area contributed by atoms with Crippen molar-refractivity contribution in [2.45, 2.75) is 44.9 Å². The van der Waals surface area contributed by atoms with Gasteiger partial charge >= 0.3 is 0 Å². The van der Waals surface area contributed by atoms with Gasteiger partial charge in [0.2, 0.25) is 5.91 Å². The Morgan fingerprint density at radius 2 is 2.05 bits per heavy atom. The molecule has 1 amide bonds. The van der Waals surface area contributed by atoms with Crippen LogP contribution in [0.25, 0.3) is 0 Å². The van der Waals surface area contributed by atoms with Crippen LogP contribution in [0.2, 0.25) is 0 Å². The van der Waals surface area contributed by atoms with E-state index in [4.69, 9.17) is 0 Å². The topological polar surface area (TPSA) is 43.8 Å². The van der Waals surface area contributed by atoms with Gasteiger partial charge in [-0.05, 0) is 57.5 Å². The molecule has 0 aromatic heterocycles. The molecule has 4 nitrogen and oxygen atoms in total. The molecule has 1 atom stereocenters. The zero-order valence-corrected chi connectivity index (χ0v) is 13.9. The molecule has 0 aromatic carbocycles. The molecule has 4 heteroatoms. The van der Waals surface area contributed by atoms with Gasteiger partial charge in [-0.2, -0.15) is 0 Å². The summed E-state index contributed by atoms with van der Waals surface area (Å²) in [5.74, 6) is 0.692. The summed E-state index contributed by atoms with van der Waals surface area (Å²) in [4.78, 5) is 16.9. The first-order chi connectivity index (χ1) is 10.6. The third kappa shape index (κ3) is 3.23. The van der Waals surface area contributed by atoms with E-state index >= 15 is 0 Å². The summed E-state index contributed by atoms with van der Waals surface area (Å²) in [6.45, 7) is 4.17. The summed E-state index contributed by atoms with van der Waals surface area (Å²) in [6, 6.07) is 0. The summed E-state index contributed by atoms with van der Waals surface area (Å²) < 4.78 is 0. The van der Waals surface area contributed by atoms with Crippen molar-refractivity contribution in [1.82, 2.24) is 9.80 Å². The third-order valence-electron chi connectivity index (χ3n) is 6.24. The SMILES string of the molecule is CN1CCC2(CCN(C(=O)CC3=CCCC3)CC2)[C@@H](CO)C1. The van der Waals surface area contributed by atoms with Crippen LogP contribution in [0.15, 0.2) is 11.6 Å². The summed E-state index contributed by atoms with van der Waals surface area (Å²) in [6.07, 6.45) is 9.67. The van der Waals surface area contributed by atoms with Gasteiger partial charge in [0.1, 0.15) is 0 Å². The Bertz CT molecular complexity index is 438. The molecule has 1 spiro atoms. The molecule has 0 saturated carbocycles. The van der Waals surface area contributed by atoms with E-state index in [2.05, 4.69) is 22.9 Å². The number of carbonyl (C=O) groups is 1. The molecule has 0 aromatic rings. The Labute approximate surface area is 134 Å². The second kappa shape index (κ2) is 6.71. The maximum atomic E-state index is 12.5. The summed E-state index contributed by atoms with van der Waals surface area (Å²) in [5.41, 5.74) is 1.61. The molecule has 124 valence electrons.